The van der Waals surface area contributed by atoms with Crippen LogP contribution in [0.3, 0.4) is 0 Å². The number of pyridine rings is 1. The van der Waals surface area contributed by atoms with Crippen LogP contribution in [0.4, 0.5) is 15.0 Å². The minimum absolute atomic E-state index is 0.0160. The molecule has 0 aliphatic carbocycles. The van der Waals surface area contributed by atoms with Gasteiger partial charge in [-0.2, -0.15) is 0 Å². The maximum atomic E-state index is 13.1. The van der Waals surface area contributed by atoms with Crippen LogP contribution in [0.1, 0.15) is 6.92 Å². The second kappa shape index (κ2) is 6.45. The number of aromatic nitrogens is 1. The third-order valence-electron chi connectivity index (χ3n) is 1.54. The molecule has 0 aliphatic rings. The van der Waals surface area contributed by atoms with Crippen molar-refractivity contribution in [3.63, 3.8) is 0 Å². The summed E-state index contributed by atoms with van der Waals surface area (Å²) in [5.74, 6) is -0.297. The summed E-state index contributed by atoms with van der Waals surface area (Å²) in [7, 11) is 0. The highest BCUT2D eigenvalue weighted by Crippen LogP contribution is 2.16. The second-order valence-corrected chi connectivity index (χ2v) is 4.05. The maximum Gasteiger partial charge on any atom is 0.413 e. The van der Waals surface area contributed by atoms with Crippen molar-refractivity contribution < 1.29 is 13.9 Å². The standard InChI is InChI=1S/C9H9BrFN3O2S/c1-2-16-9(15)14-8(17)13-7-3-6(11)5(10)4-12-7/h3-4H,2H2,1H3,(H2,12,13,14,15,17). The Hall–Kier alpha value is -1.28. The van der Waals surface area contributed by atoms with Crippen molar-refractivity contribution >= 4 is 45.2 Å². The molecule has 0 aromatic carbocycles. The number of nitrogens with one attached hydrogen (secondary N) is 2. The Bertz CT molecular complexity index is 444. The zero-order valence-electron chi connectivity index (χ0n) is 8.79. The molecule has 17 heavy (non-hydrogen) atoms. The molecule has 0 spiro atoms. The number of anilines is 1. The average molecular weight is 322 g/mol. The topological polar surface area (TPSA) is 63.2 Å². The zero-order chi connectivity index (χ0) is 12.8. The van der Waals surface area contributed by atoms with E-state index in [-0.39, 0.29) is 22.0 Å². The van der Waals surface area contributed by atoms with Gasteiger partial charge in [0.2, 0.25) is 0 Å². The Morgan fingerprint density at radius 1 is 1.71 bits per heavy atom. The average Bonchev–Trinajstić information content (AvgIpc) is 2.23. The van der Waals surface area contributed by atoms with E-state index in [1.54, 1.807) is 6.92 Å². The first-order chi connectivity index (χ1) is 8.02. The number of amides is 1. The van der Waals surface area contributed by atoms with Gasteiger partial charge in [0.1, 0.15) is 11.6 Å². The minimum Gasteiger partial charge on any atom is -0.450 e. The van der Waals surface area contributed by atoms with Crippen molar-refractivity contribution in [3.8, 4) is 0 Å². The lowest BCUT2D eigenvalue weighted by Crippen LogP contribution is -2.34. The Morgan fingerprint density at radius 2 is 2.41 bits per heavy atom. The van der Waals surface area contributed by atoms with Gasteiger partial charge >= 0.3 is 6.09 Å². The minimum atomic E-state index is -0.678. The van der Waals surface area contributed by atoms with Crippen LogP contribution in [0.2, 0.25) is 0 Å². The molecule has 0 fully saturated rings. The van der Waals surface area contributed by atoms with Gasteiger partial charge in [-0.1, -0.05) is 0 Å². The van der Waals surface area contributed by atoms with Crippen LogP contribution >= 0.6 is 28.1 Å². The molecule has 1 heterocycles. The molecule has 0 saturated carbocycles. The fourth-order valence-electron chi connectivity index (χ4n) is 0.890. The zero-order valence-corrected chi connectivity index (χ0v) is 11.2. The molecule has 0 radical (unpaired) electrons. The Morgan fingerprint density at radius 3 is 3.00 bits per heavy atom. The molecule has 0 aliphatic heterocycles. The van der Waals surface area contributed by atoms with E-state index >= 15 is 0 Å². The Balaban J connectivity index is 2.56. The number of carbonyl (C=O) groups excluding carboxylic acids is 1. The molecule has 8 heteroatoms. The van der Waals surface area contributed by atoms with Crippen LogP contribution < -0.4 is 10.6 Å². The molecule has 5 nitrogen and oxygen atoms in total. The van der Waals surface area contributed by atoms with Crippen LogP contribution in [0.15, 0.2) is 16.7 Å². The molecular weight excluding hydrogens is 313 g/mol. The van der Waals surface area contributed by atoms with E-state index in [0.29, 0.717) is 0 Å². The number of rotatable bonds is 2. The Labute approximate surface area is 111 Å². The number of halogens is 2. The van der Waals surface area contributed by atoms with E-state index in [4.69, 9.17) is 12.2 Å². The number of hydrogen-bond donors (Lipinski definition) is 2. The summed E-state index contributed by atoms with van der Waals surface area (Å²) in [6, 6.07) is 1.14. The predicted octanol–water partition coefficient (Wildman–Crippen LogP) is 2.43. The summed E-state index contributed by atoms with van der Waals surface area (Å²) < 4.78 is 18.0. The van der Waals surface area contributed by atoms with Gasteiger partial charge < -0.3 is 10.1 Å². The summed E-state index contributed by atoms with van der Waals surface area (Å²) in [6.07, 6.45) is 0.604. The van der Waals surface area contributed by atoms with Gasteiger partial charge in [0, 0.05) is 12.3 Å². The lowest BCUT2D eigenvalue weighted by molar-refractivity contribution is 0.158. The summed E-state index contributed by atoms with van der Waals surface area (Å²) in [5, 5.41) is 4.78. The quantitative estimate of drug-likeness (QED) is 0.819. The SMILES string of the molecule is CCOC(=O)NC(=S)Nc1cc(F)c(Br)cn1. The second-order valence-electron chi connectivity index (χ2n) is 2.78. The third-order valence-corrected chi connectivity index (χ3v) is 2.33. The molecule has 1 aromatic heterocycles. The molecule has 0 atom stereocenters. The molecular formula is C9H9BrFN3O2S. The van der Waals surface area contributed by atoms with E-state index in [1.165, 1.54) is 6.20 Å². The van der Waals surface area contributed by atoms with Crippen LogP contribution in [-0.2, 0) is 4.74 Å². The largest absolute Gasteiger partial charge is 0.450 e. The molecule has 1 aromatic rings. The van der Waals surface area contributed by atoms with Gasteiger partial charge in [0.15, 0.2) is 5.11 Å². The van der Waals surface area contributed by atoms with Gasteiger partial charge in [-0.15, -0.1) is 0 Å². The van der Waals surface area contributed by atoms with Crippen molar-refractivity contribution in [2.75, 3.05) is 11.9 Å². The molecule has 1 rings (SSSR count). The van der Waals surface area contributed by atoms with Crippen LogP contribution in [0.5, 0.6) is 0 Å². The number of thiocarbonyl (C=S) groups is 1. The van der Waals surface area contributed by atoms with Gasteiger partial charge in [0.05, 0.1) is 11.1 Å². The van der Waals surface area contributed by atoms with E-state index in [0.717, 1.165) is 6.07 Å². The normalized spacial score (nSPS) is 9.59. The summed E-state index contributed by atoms with van der Waals surface area (Å²) in [6.45, 7) is 1.90. The highest BCUT2D eigenvalue weighted by molar-refractivity contribution is 9.10. The first-order valence-electron chi connectivity index (χ1n) is 4.58. The van der Waals surface area contributed by atoms with Gasteiger partial charge in [-0.3, -0.25) is 5.32 Å². The fourth-order valence-corrected chi connectivity index (χ4v) is 1.29. The fraction of sp³-hybridized carbons (Fsp3) is 0.222. The molecule has 1 amide bonds. The number of nitrogens with zero attached hydrogens (tertiary/aromatic N) is 1. The van der Waals surface area contributed by atoms with Crippen LogP contribution in [0, 0.1) is 5.82 Å². The summed E-state index contributed by atoms with van der Waals surface area (Å²) in [4.78, 5) is 14.9. The number of carbonyl (C=O) groups is 1. The van der Waals surface area contributed by atoms with Crippen molar-refractivity contribution in [1.82, 2.24) is 10.3 Å². The first kappa shape index (κ1) is 13.8. The van der Waals surface area contributed by atoms with E-state index < -0.39 is 11.9 Å². The highest BCUT2D eigenvalue weighted by atomic mass is 79.9. The van der Waals surface area contributed by atoms with Gasteiger partial charge in [0.25, 0.3) is 0 Å². The highest BCUT2D eigenvalue weighted by Gasteiger charge is 2.07. The monoisotopic (exact) mass is 321 g/mol. The molecule has 2 N–H and O–H groups in total. The number of hydrogen-bond acceptors (Lipinski definition) is 4. The number of ether oxygens (including phenoxy) is 1. The lowest BCUT2D eigenvalue weighted by atomic mass is 10.4. The third kappa shape index (κ3) is 4.61. The van der Waals surface area contributed by atoms with E-state index in [2.05, 4.69) is 36.3 Å². The van der Waals surface area contributed by atoms with Crippen molar-refractivity contribution in [1.29, 1.82) is 0 Å². The predicted molar refractivity (Wildman–Crippen MR) is 68.3 cm³/mol. The van der Waals surface area contributed by atoms with E-state index in [9.17, 15) is 9.18 Å². The lowest BCUT2D eigenvalue weighted by Gasteiger charge is -2.08. The molecule has 92 valence electrons. The molecule has 0 bridgehead atoms. The maximum absolute atomic E-state index is 13.1. The van der Waals surface area contributed by atoms with Crippen molar-refractivity contribution in [2.24, 2.45) is 0 Å². The van der Waals surface area contributed by atoms with Crippen LogP contribution in [-0.4, -0.2) is 22.8 Å². The van der Waals surface area contributed by atoms with E-state index in [1.807, 2.05) is 0 Å². The van der Waals surface area contributed by atoms with Crippen molar-refractivity contribution in [3.05, 3.63) is 22.6 Å². The Kier molecular flexibility index (Phi) is 5.23. The van der Waals surface area contributed by atoms with Crippen molar-refractivity contribution in [2.45, 2.75) is 6.92 Å². The van der Waals surface area contributed by atoms with Gasteiger partial charge in [-0.25, -0.2) is 14.2 Å². The summed E-state index contributed by atoms with van der Waals surface area (Å²) >= 11 is 7.77. The molecule has 0 unspecified atom stereocenters. The smallest absolute Gasteiger partial charge is 0.413 e. The summed E-state index contributed by atoms with van der Waals surface area (Å²) in [5.41, 5.74) is 0. The van der Waals surface area contributed by atoms with Crippen LogP contribution in [0.25, 0.3) is 0 Å². The first-order valence-corrected chi connectivity index (χ1v) is 5.79. The number of alkyl carbamates (subject to hydrolysis) is 1. The molecule has 0 saturated heterocycles. The van der Waals surface area contributed by atoms with Gasteiger partial charge in [-0.05, 0) is 35.1 Å².